The van der Waals surface area contributed by atoms with Gasteiger partial charge >= 0.3 is 0 Å². The van der Waals surface area contributed by atoms with Crippen LogP contribution in [0, 0.1) is 11.3 Å². The highest BCUT2D eigenvalue weighted by atomic mass is 16.5. The van der Waals surface area contributed by atoms with Crippen LogP contribution in [0.5, 0.6) is 0 Å². The maximum absolute atomic E-state index is 9.19. The fraction of sp³-hybridized carbons (Fsp3) is 0.538. The summed E-state index contributed by atoms with van der Waals surface area (Å²) in [5.41, 5.74) is -0.129. The van der Waals surface area contributed by atoms with Gasteiger partial charge in [0.1, 0.15) is 6.07 Å². The molecule has 18 heavy (non-hydrogen) atoms. The molecule has 5 heteroatoms. The molecule has 0 aromatic carbocycles. The summed E-state index contributed by atoms with van der Waals surface area (Å²) < 4.78 is 15.9. The van der Waals surface area contributed by atoms with E-state index in [-0.39, 0.29) is 5.88 Å². The maximum Gasteiger partial charge on any atom is 0.230 e. The summed E-state index contributed by atoms with van der Waals surface area (Å²) in [4.78, 5) is 4.14. The molecule has 98 valence electrons. The Morgan fingerprint density at radius 2 is 2.17 bits per heavy atom. The van der Waals surface area contributed by atoms with E-state index in [9.17, 15) is 5.26 Å². The van der Waals surface area contributed by atoms with Crippen molar-refractivity contribution < 1.29 is 14.2 Å². The standard InChI is InChI=1S/C13H18N2O3/c1-5-18-13(2)7-6-11(16-3)15-12(17-4)10(8-13)9-14/h6-7H,5,8H2,1-4H3/b7-6-,12-10-,15-11+. The van der Waals surface area contributed by atoms with Crippen molar-refractivity contribution in [1.29, 1.82) is 5.26 Å². The van der Waals surface area contributed by atoms with Gasteiger partial charge in [0.25, 0.3) is 0 Å². The molecule has 1 rings (SSSR count). The number of nitriles is 1. The van der Waals surface area contributed by atoms with Crippen LogP contribution in [-0.2, 0) is 14.2 Å². The molecule has 5 nitrogen and oxygen atoms in total. The Balaban J connectivity index is 3.25. The number of hydrogen-bond acceptors (Lipinski definition) is 5. The lowest BCUT2D eigenvalue weighted by atomic mass is 9.95. The summed E-state index contributed by atoms with van der Waals surface area (Å²) in [6, 6.07) is 2.11. The zero-order chi connectivity index (χ0) is 13.6. The Morgan fingerprint density at radius 3 is 2.67 bits per heavy atom. The van der Waals surface area contributed by atoms with Gasteiger partial charge in [-0.1, -0.05) is 0 Å². The first-order chi connectivity index (χ1) is 8.58. The predicted molar refractivity (Wildman–Crippen MR) is 67.9 cm³/mol. The van der Waals surface area contributed by atoms with Crippen LogP contribution in [0.15, 0.2) is 28.6 Å². The molecule has 0 saturated heterocycles. The molecular weight excluding hydrogens is 232 g/mol. The topological polar surface area (TPSA) is 63.8 Å². The Kier molecular flexibility index (Phi) is 4.93. The minimum Gasteiger partial charge on any atom is -0.481 e. The van der Waals surface area contributed by atoms with Gasteiger partial charge in [-0.3, -0.25) is 0 Å². The number of methoxy groups -OCH3 is 2. The van der Waals surface area contributed by atoms with Crippen molar-refractivity contribution in [2.24, 2.45) is 4.99 Å². The average Bonchev–Trinajstić information content (AvgIpc) is 2.35. The van der Waals surface area contributed by atoms with Gasteiger partial charge in [-0.15, -0.1) is 0 Å². The van der Waals surface area contributed by atoms with Crippen molar-refractivity contribution in [2.75, 3.05) is 20.8 Å². The van der Waals surface area contributed by atoms with Gasteiger partial charge in [0.05, 0.1) is 25.4 Å². The lowest BCUT2D eigenvalue weighted by Crippen LogP contribution is -2.28. The van der Waals surface area contributed by atoms with Crippen molar-refractivity contribution >= 4 is 5.90 Å². The summed E-state index contributed by atoms with van der Waals surface area (Å²) >= 11 is 0. The predicted octanol–water partition coefficient (Wildman–Crippen LogP) is 2.17. The van der Waals surface area contributed by atoms with E-state index in [4.69, 9.17) is 14.2 Å². The van der Waals surface area contributed by atoms with Gasteiger partial charge in [0.2, 0.25) is 11.8 Å². The molecule has 0 radical (unpaired) electrons. The number of nitrogens with zero attached hydrogens (tertiary/aromatic N) is 2. The Morgan fingerprint density at radius 1 is 1.44 bits per heavy atom. The fourth-order valence-electron chi connectivity index (χ4n) is 1.74. The molecule has 0 aromatic rings. The quantitative estimate of drug-likeness (QED) is 0.770. The van der Waals surface area contributed by atoms with Crippen molar-refractivity contribution in [1.82, 2.24) is 0 Å². The highest BCUT2D eigenvalue weighted by Crippen LogP contribution is 2.26. The lowest BCUT2D eigenvalue weighted by molar-refractivity contribution is 0.0139. The first-order valence-electron chi connectivity index (χ1n) is 5.71. The number of hydrogen-bond donors (Lipinski definition) is 0. The number of ether oxygens (including phenoxy) is 3. The van der Waals surface area contributed by atoms with E-state index in [2.05, 4.69) is 11.1 Å². The van der Waals surface area contributed by atoms with E-state index in [1.807, 2.05) is 19.9 Å². The van der Waals surface area contributed by atoms with Crippen molar-refractivity contribution in [3.63, 3.8) is 0 Å². The van der Waals surface area contributed by atoms with Gasteiger partial charge in [-0.2, -0.15) is 10.3 Å². The first kappa shape index (κ1) is 14.3. The molecule has 0 bridgehead atoms. The fourth-order valence-corrected chi connectivity index (χ4v) is 1.74. The SMILES string of the molecule is CCOC1(C)\C=C/C(OC)=N\C(OC)=C(\C#N)C1. The van der Waals surface area contributed by atoms with Crippen molar-refractivity contribution in [3.05, 3.63) is 23.6 Å². The van der Waals surface area contributed by atoms with Gasteiger partial charge in [-0.05, 0) is 26.0 Å². The third kappa shape index (κ3) is 3.34. The largest absolute Gasteiger partial charge is 0.481 e. The van der Waals surface area contributed by atoms with Crippen molar-refractivity contribution in [2.45, 2.75) is 25.9 Å². The minimum atomic E-state index is -0.566. The van der Waals surface area contributed by atoms with Crippen LogP contribution in [-0.4, -0.2) is 32.3 Å². The third-order valence-corrected chi connectivity index (χ3v) is 2.59. The average molecular weight is 250 g/mol. The molecule has 1 unspecified atom stereocenters. The Labute approximate surface area is 107 Å². The van der Waals surface area contributed by atoms with Gasteiger partial charge in [0.15, 0.2) is 0 Å². The van der Waals surface area contributed by atoms with Crippen LogP contribution in [0.4, 0.5) is 0 Å². The smallest absolute Gasteiger partial charge is 0.230 e. The van der Waals surface area contributed by atoms with E-state index in [0.29, 0.717) is 24.5 Å². The number of rotatable bonds is 3. The van der Waals surface area contributed by atoms with Gasteiger partial charge < -0.3 is 14.2 Å². The molecular formula is C13H18N2O3. The van der Waals surface area contributed by atoms with E-state index < -0.39 is 5.60 Å². The van der Waals surface area contributed by atoms with Crippen LogP contribution < -0.4 is 0 Å². The summed E-state index contributed by atoms with van der Waals surface area (Å²) in [6.45, 7) is 4.38. The second kappa shape index (κ2) is 6.22. The normalized spacial score (nSPS) is 32.5. The molecule has 0 fully saturated rings. The zero-order valence-corrected chi connectivity index (χ0v) is 11.2. The molecule has 0 aliphatic carbocycles. The summed E-state index contributed by atoms with van der Waals surface area (Å²) in [5, 5.41) is 9.19. The molecule has 1 aliphatic rings. The maximum atomic E-state index is 9.19. The van der Waals surface area contributed by atoms with Crippen LogP contribution in [0.25, 0.3) is 0 Å². The van der Waals surface area contributed by atoms with E-state index in [0.717, 1.165) is 0 Å². The summed E-state index contributed by atoms with van der Waals surface area (Å²) in [7, 11) is 2.99. The Hall–Kier alpha value is -1.80. The molecule has 1 aliphatic heterocycles. The molecule has 0 saturated carbocycles. The Bertz CT molecular complexity index is 432. The van der Waals surface area contributed by atoms with Crippen LogP contribution in [0.1, 0.15) is 20.3 Å². The molecule has 0 aromatic heterocycles. The van der Waals surface area contributed by atoms with E-state index in [1.165, 1.54) is 14.2 Å². The lowest BCUT2D eigenvalue weighted by Gasteiger charge is -2.27. The molecule has 0 N–H and O–H groups in total. The van der Waals surface area contributed by atoms with Gasteiger partial charge in [-0.25, -0.2) is 0 Å². The first-order valence-corrected chi connectivity index (χ1v) is 5.71. The van der Waals surface area contributed by atoms with Crippen LogP contribution in [0.2, 0.25) is 0 Å². The monoisotopic (exact) mass is 250 g/mol. The summed E-state index contributed by atoms with van der Waals surface area (Å²) in [5.74, 6) is 0.648. The van der Waals surface area contributed by atoms with Crippen LogP contribution >= 0.6 is 0 Å². The molecule has 0 amide bonds. The number of aliphatic imine (C=N–C) groups is 1. The van der Waals surface area contributed by atoms with Crippen LogP contribution in [0.3, 0.4) is 0 Å². The van der Waals surface area contributed by atoms with E-state index >= 15 is 0 Å². The van der Waals surface area contributed by atoms with E-state index in [1.54, 1.807) is 6.08 Å². The summed E-state index contributed by atoms with van der Waals surface area (Å²) in [6.07, 6.45) is 3.99. The second-order valence-corrected chi connectivity index (χ2v) is 4.01. The third-order valence-electron chi connectivity index (χ3n) is 2.59. The highest BCUT2D eigenvalue weighted by molar-refractivity contribution is 5.88. The van der Waals surface area contributed by atoms with Crippen molar-refractivity contribution in [3.8, 4) is 6.07 Å². The second-order valence-electron chi connectivity index (χ2n) is 4.01. The molecule has 0 spiro atoms. The highest BCUT2D eigenvalue weighted by Gasteiger charge is 2.27. The molecule has 1 heterocycles. The zero-order valence-electron chi connectivity index (χ0n) is 11.2. The molecule has 1 atom stereocenters. The minimum absolute atomic E-state index is 0.268. The van der Waals surface area contributed by atoms with Gasteiger partial charge in [0, 0.05) is 13.0 Å².